The molecule has 0 radical (unpaired) electrons. The fourth-order valence-corrected chi connectivity index (χ4v) is 5.32. The molecule has 0 fully saturated rings. The topological polar surface area (TPSA) is 71.2 Å². The van der Waals surface area contributed by atoms with Crippen LogP contribution in [0.3, 0.4) is 0 Å². The first kappa shape index (κ1) is 18.0. The number of aromatic amines is 1. The van der Waals surface area contributed by atoms with Crippen molar-refractivity contribution < 1.29 is 17.5 Å². The Morgan fingerprint density at radius 1 is 1.22 bits per heavy atom. The Balaban J connectivity index is 1.62. The van der Waals surface area contributed by atoms with Gasteiger partial charge in [-0.15, -0.1) is 0 Å². The number of nitrogens with one attached hydrogen (secondary N) is 2. The van der Waals surface area contributed by atoms with E-state index in [1.807, 2.05) is 18.2 Å². The highest BCUT2D eigenvalue weighted by Gasteiger charge is 2.27. The van der Waals surface area contributed by atoms with Crippen LogP contribution in [-0.2, 0) is 22.9 Å². The zero-order valence-electron chi connectivity index (χ0n) is 15.2. The molecule has 1 aliphatic rings. The van der Waals surface area contributed by atoms with Gasteiger partial charge in [-0.2, -0.15) is 0 Å². The summed E-state index contributed by atoms with van der Waals surface area (Å²) in [6.07, 6.45) is 2.07. The van der Waals surface area contributed by atoms with Gasteiger partial charge in [0.1, 0.15) is 11.6 Å². The van der Waals surface area contributed by atoms with Crippen LogP contribution in [-0.4, -0.2) is 26.6 Å². The van der Waals surface area contributed by atoms with E-state index in [4.69, 9.17) is 4.74 Å². The third-order valence-electron chi connectivity index (χ3n) is 5.14. The molecule has 0 bridgehead atoms. The Bertz CT molecular complexity index is 1120. The molecule has 3 aromatic rings. The Hall–Kier alpha value is -2.38. The smallest absolute Gasteiger partial charge is 0.241 e. The summed E-state index contributed by atoms with van der Waals surface area (Å²) < 4.78 is 47.0. The summed E-state index contributed by atoms with van der Waals surface area (Å²) in [7, 11) is -2.08. The van der Waals surface area contributed by atoms with E-state index in [9.17, 15) is 12.8 Å². The molecular weight excluding hydrogens is 367 g/mol. The molecule has 27 heavy (non-hydrogen) atoms. The molecule has 7 heteroatoms. The highest BCUT2D eigenvalue weighted by atomic mass is 32.2. The average Bonchev–Trinajstić information content (AvgIpc) is 2.98. The second-order valence-corrected chi connectivity index (χ2v) is 8.65. The van der Waals surface area contributed by atoms with Crippen molar-refractivity contribution in [3.63, 3.8) is 0 Å². The minimum absolute atomic E-state index is 0.121. The SMILES string of the molecule is COc1ccc2[nH]c3c(c2c1)CC(NS(=O)(=O)c1ccc(F)cc1C)CC3. The Morgan fingerprint density at radius 2 is 2.04 bits per heavy atom. The minimum Gasteiger partial charge on any atom is -0.497 e. The molecule has 0 aliphatic heterocycles. The summed E-state index contributed by atoms with van der Waals surface area (Å²) in [5.74, 6) is 0.329. The second-order valence-electron chi connectivity index (χ2n) is 6.96. The van der Waals surface area contributed by atoms with Crippen molar-refractivity contribution in [2.24, 2.45) is 0 Å². The second kappa shape index (κ2) is 6.65. The van der Waals surface area contributed by atoms with E-state index in [-0.39, 0.29) is 10.9 Å². The molecule has 5 nitrogen and oxygen atoms in total. The summed E-state index contributed by atoms with van der Waals surface area (Å²) in [4.78, 5) is 3.54. The Kier molecular flexibility index (Phi) is 4.44. The normalized spacial score (nSPS) is 17.1. The minimum atomic E-state index is -3.71. The third-order valence-corrected chi connectivity index (χ3v) is 6.82. The quantitative estimate of drug-likeness (QED) is 0.719. The number of rotatable bonds is 4. The van der Waals surface area contributed by atoms with Gasteiger partial charge in [-0.3, -0.25) is 0 Å². The number of halogens is 1. The van der Waals surface area contributed by atoms with Crippen LogP contribution in [0.1, 0.15) is 23.2 Å². The van der Waals surface area contributed by atoms with E-state index < -0.39 is 15.8 Å². The number of H-pyrrole nitrogens is 1. The van der Waals surface area contributed by atoms with Crippen LogP contribution in [0.4, 0.5) is 4.39 Å². The fraction of sp³-hybridized carbons (Fsp3) is 0.300. The number of methoxy groups -OCH3 is 1. The largest absolute Gasteiger partial charge is 0.497 e. The van der Waals surface area contributed by atoms with Crippen molar-refractivity contribution in [2.75, 3.05) is 7.11 Å². The van der Waals surface area contributed by atoms with Crippen molar-refractivity contribution in [3.8, 4) is 5.75 Å². The van der Waals surface area contributed by atoms with E-state index in [0.717, 1.165) is 34.3 Å². The number of aryl methyl sites for hydroxylation is 2. The lowest BCUT2D eigenvalue weighted by Crippen LogP contribution is -2.39. The maximum absolute atomic E-state index is 13.3. The molecule has 0 amide bonds. The third kappa shape index (κ3) is 3.33. The van der Waals surface area contributed by atoms with Crippen LogP contribution in [0.2, 0.25) is 0 Å². The lowest BCUT2D eigenvalue weighted by Gasteiger charge is -2.24. The van der Waals surface area contributed by atoms with E-state index in [0.29, 0.717) is 18.4 Å². The van der Waals surface area contributed by atoms with Gasteiger partial charge in [0.05, 0.1) is 12.0 Å². The highest BCUT2D eigenvalue weighted by Crippen LogP contribution is 2.32. The van der Waals surface area contributed by atoms with Gasteiger partial charge in [0.25, 0.3) is 0 Å². The van der Waals surface area contributed by atoms with Crippen molar-refractivity contribution in [1.29, 1.82) is 0 Å². The molecule has 0 saturated carbocycles. The average molecular weight is 388 g/mol. The first-order chi connectivity index (χ1) is 12.9. The molecule has 0 saturated heterocycles. The highest BCUT2D eigenvalue weighted by molar-refractivity contribution is 7.89. The molecule has 1 aromatic heterocycles. The van der Waals surface area contributed by atoms with Gasteiger partial charge in [-0.05, 0) is 73.7 Å². The summed E-state index contributed by atoms with van der Waals surface area (Å²) in [5.41, 5.74) is 3.69. The van der Waals surface area contributed by atoms with Crippen LogP contribution >= 0.6 is 0 Å². The summed E-state index contributed by atoms with van der Waals surface area (Å²) >= 11 is 0. The number of benzene rings is 2. The number of hydrogen-bond acceptors (Lipinski definition) is 3. The van der Waals surface area contributed by atoms with Crippen molar-refractivity contribution >= 4 is 20.9 Å². The van der Waals surface area contributed by atoms with Gasteiger partial charge < -0.3 is 9.72 Å². The zero-order chi connectivity index (χ0) is 19.2. The monoisotopic (exact) mass is 388 g/mol. The van der Waals surface area contributed by atoms with Crippen molar-refractivity contribution in [1.82, 2.24) is 9.71 Å². The molecule has 0 spiro atoms. The molecule has 1 atom stereocenters. The molecule has 1 heterocycles. The molecule has 2 aromatic carbocycles. The van der Waals surface area contributed by atoms with Crippen molar-refractivity contribution in [2.45, 2.75) is 37.1 Å². The van der Waals surface area contributed by atoms with Crippen LogP contribution in [0.25, 0.3) is 10.9 Å². The maximum Gasteiger partial charge on any atom is 0.241 e. The molecule has 1 unspecified atom stereocenters. The van der Waals surface area contributed by atoms with Crippen LogP contribution < -0.4 is 9.46 Å². The summed E-state index contributed by atoms with van der Waals surface area (Å²) in [6, 6.07) is 9.38. The number of hydrogen-bond donors (Lipinski definition) is 2. The van der Waals surface area contributed by atoms with Crippen LogP contribution in [0.15, 0.2) is 41.3 Å². The maximum atomic E-state index is 13.3. The van der Waals surface area contributed by atoms with Crippen molar-refractivity contribution in [3.05, 3.63) is 59.0 Å². The first-order valence-electron chi connectivity index (χ1n) is 8.83. The van der Waals surface area contributed by atoms with Gasteiger partial charge in [0.15, 0.2) is 0 Å². The molecule has 142 valence electrons. The number of sulfonamides is 1. The molecular formula is C20H21FN2O3S. The molecule has 1 aliphatic carbocycles. The Morgan fingerprint density at radius 3 is 2.78 bits per heavy atom. The van der Waals surface area contributed by atoms with Gasteiger partial charge in [-0.1, -0.05) is 0 Å². The number of ether oxygens (including phenoxy) is 1. The zero-order valence-corrected chi connectivity index (χ0v) is 16.0. The van der Waals surface area contributed by atoms with E-state index in [2.05, 4.69) is 9.71 Å². The lowest BCUT2D eigenvalue weighted by molar-refractivity contribution is 0.415. The van der Waals surface area contributed by atoms with E-state index in [1.165, 1.54) is 18.2 Å². The Labute approximate surface area is 157 Å². The van der Waals surface area contributed by atoms with Gasteiger partial charge >= 0.3 is 0 Å². The van der Waals surface area contributed by atoms with Gasteiger partial charge in [-0.25, -0.2) is 17.5 Å². The van der Waals surface area contributed by atoms with Crippen LogP contribution in [0.5, 0.6) is 5.75 Å². The van der Waals surface area contributed by atoms with E-state index >= 15 is 0 Å². The predicted molar refractivity (Wildman–Crippen MR) is 102 cm³/mol. The van der Waals surface area contributed by atoms with E-state index in [1.54, 1.807) is 14.0 Å². The first-order valence-corrected chi connectivity index (χ1v) is 10.3. The van der Waals surface area contributed by atoms with Gasteiger partial charge in [0, 0.05) is 22.6 Å². The fourth-order valence-electron chi connectivity index (χ4n) is 3.82. The summed E-state index contributed by atoms with van der Waals surface area (Å²) in [6.45, 7) is 1.60. The van der Waals surface area contributed by atoms with Crippen LogP contribution in [0, 0.1) is 12.7 Å². The standard InChI is InChI=1S/C20H21FN2O3S/c1-12-9-13(21)3-8-20(12)27(24,25)23-14-4-6-18-16(10-14)17-11-15(26-2)5-7-19(17)22-18/h3,5,7-9,11,14,22-23H,4,6,10H2,1-2H3. The number of fused-ring (bicyclic) bond motifs is 3. The lowest BCUT2D eigenvalue weighted by atomic mass is 9.92. The molecule has 4 rings (SSSR count). The summed E-state index contributed by atoms with van der Waals surface area (Å²) in [5, 5.41) is 1.06. The predicted octanol–water partition coefficient (Wildman–Crippen LogP) is 3.46. The number of aromatic nitrogens is 1. The molecule has 2 N–H and O–H groups in total. The van der Waals surface area contributed by atoms with Gasteiger partial charge in [0.2, 0.25) is 10.0 Å².